The molecule has 8 nitrogen and oxygen atoms in total. The molecule has 0 radical (unpaired) electrons. The summed E-state index contributed by atoms with van der Waals surface area (Å²) in [5, 5.41) is 2.45. The molecule has 0 saturated carbocycles. The number of benzene rings is 3. The highest BCUT2D eigenvalue weighted by Gasteiger charge is 2.60. The second kappa shape index (κ2) is 16.2. The second-order valence-electron chi connectivity index (χ2n) is 10.1. The van der Waals surface area contributed by atoms with E-state index in [9.17, 15) is 62.3 Å². The first kappa shape index (κ1) is 40.9. The lowest BCUT2D eigenvalue weighted by Gasteiger charge is -2.24. The maximum absolute atomic E-state index is 13.7. The van der Waals surface area contributed by atoms with Crippen molar-refractivity contribution in [3.8, 4) is 28.7 Å². The molecule has 0 aliphatic carbocycles. The Hall–Kier alpha value is -5.56. The van der Waals surface area contributed by atoms with Crippen molar-refractivity contribution in [1.29, 1.82) is 0 Å². The van der Waals surface area contributed by atoms with E-state index in [0.717, 1.165) is 68.8 Å². The Morgan fingerprint density at radius 1 is 0.615 bits per heavy atom. The monoisotopic (exact) mass is 761 g/mol. The normalized spacial score (nSPS) is 13.8. The van der Waals surface area contributed by atoms with Crippen molar-refractivity contribution < 1.29 is 86.0 Å². The van der Waals surface area contributed by atoms with Gasteiger partial charge in [0, 0.05) is 17.8 Å². The van der Waals surface area contributed by atoms with Gasteiger partial charge in [0.2, 0.25) is 5.91 Å². The lowest BCUT2D eigenvalue weighted by atomic mass is 10.2. The Bertz CT molecular complexity index is 1650. The fraction of sp³-hybridized carbons (Fsp3) is 0.250. The zero-order chi connectivity index (χ0) is 39.1. The second-order valence-corrected chi connectivity index (χ2v) is 10.1. The molecule has 0 fully saturated rings. The molecule has 3 aromatic rings. The molecule has 0 bridgehead atoms. The van der Waals surface area contributed by atoms with Crippen molar-refractivity contribution in [2.75, 3.05) is 19.5 Å². The minimum atomic E-state index is -5.90. The Balaban J connectivity index is 1.58. The molecule has 0 spiro atoms. The molecule has 3 aromatic carbocycles. The third-order valence-electron chi connectivity index (χ3n) is 6.21. The molecule has 20 heteroatoms. The molecule has 0 heterocycles. The van der Waals surface area contributed by atoms with Gasteiger partial charge in [0.15, 0.2) is 23.0 Å². The fourth-order valence-corrected chi connectivity index (χ4v) is 3.80. The quantitative estimate of drug-likeness (QED) is 0.0761. The predicted molar refractivity (Wildman–Crippen MR) is 158 cm³/mol. The first-order valence-electron chi connectivity index (χ1n) is 14.0. The van der Waals surface area contributed by atoms with Gasteiger partial charge in [-0.05, 0) is 71.8 Å². The fourth-order valence-electron chi connectivity index (χ4n) is 3.80. The van der Waals surface area contributed by atoms with Crippen molar-refractivity contribution in [1.82, 2.24) is 0 Å². The van der Waals surface area contributed by atoms with Gasteiger partial charge in [0.05, 0.1) is 14.2 Å². The van der Waals surface area contributed by atoms with Crippen LogP contribution in [0.15, 0.2) is 72.8 Å². The zero-order valence-electron chi connectivity index (χ0n) is 26.1. The van der Waals surface area contributed by atoms with Gasteiger partial charge in [-0.2, -0.15) is 43.9 Å². The number of hydrogen-bond donors (Lipinski definition) is 1. The molecule has 1 N–H and O–H groups in total. The average Bonchev–Trinajstić information content (AvgIpc) is 3.06. The van der Waals surface area contributed by atoms with Crippen LogP contribution in [0.1, 0.15) is 11.1 Å². The minimum absolute atomic E-state index is 0.00788. The molecular weight excluding hydrogens is 738 g/mol. The summed E-state index contributed by atoms with van der Waals surface area (Å²) >= 11 is 0. The smallest absolute Gasteiger partial charge is 0.439 e. The van der Waals surface area contributed by atoms with Crippen LogP contribution in [0.4, 0.5) is 58.4 Å². The highest BCUT2D eigenvalue weighted by Crippen LogP contribution is 2.41. The Kier molecular flexibility index (Phi) is 12.7. The van der Waals surface area contributed by atoms with E-state index >= 15 is 0 Å². The summed E-state index contributed by atoms with van der Waals surface area (Å²) in [6.07, 6.45) is -27.4. The summed E-state index contributed by atoms with van der Waals surface area (Å²) in [6, 6.07) is 10.9. The van der Waals surface area contributed by atoms with Crippen molar-refractivity contribution >= 4 is 29.7 Å². The molecule has 0 aliphatic heterocycles. The molecule has 1 amide bonds. The van der Waals surface area contributed by atoms with Crippen LogP contribution < -0.4 is 29.0 Å². The highest BCUT2D eigenvalue weighted by atomic mass is 19.4. The molecule has 2 atom stereocenters. The largest absolute Gasteiger partial charge is 0.493 e. The van der Waals surface area contributed by atoms with E-state index < -0.39 is 71.8 Å². The van der Waals surface area contributed by atoms with Gasteiger partial charge in [-0.3, -0.25) is 4.79 Å². The molecule has 3 rings (SSSR count). The Morgan fingerprint density at radius 2 is 1.04 bits per heavy atom. The summed E-state index contributed by atoms with van der Waals surface area (Å²) in [7, 11) is 1.96. The van der Waals surface area contributed by atoms with Crippen molar-refractivity contribution in [2.45, 2.75) is 36.9 Å². The van der Waals surface area contributed by atoms with Crippen LogP contribution in [-0.2, 0) is 9.59 Å². The number of nitrogens with one attached hydrogen (secondary N) is 1. The van der Waals surface area contributed by atoms with E-state index in [1.807, 2.05) is 0 Å². The molecule has 282 valence electrons. The summed E-state index contributed by atoms with van der Waals surface area (Å²) in [5.41, 5.74) is 0.461. The number of carbonyl (C=O) groups is 2. The van der Waals surface area contributed by atoms with Crippen molar-refractivity contribution in [3.63, 3.8) is 0 Å². The third-order valence-corrected chi connectivity index (χ3v) is 6.21. The van der Waals surface area contributed by atoms with Crippen LogP contribution in [-0.4, -0.2) is 63.0 Å². The maximum atomic E-state index is 13.7. The number of rotatable bonds is 14. The molecular formula is C32H23F12NO7. The molecule has 52 heavy (non-hydrogen) atoms. The minimum Gasteiger partial charge on any atom is -0.493 e. The highest BCUT2D eigenvalue weighted by molar-refractivity contribution is 6.02. The number of ether oxygens (including phenoxy) is 5. The van der Waals surface area contributed by atoms with Crippen LogP contribution in [0.2, 0.25) is 0 Å². The van der Waals surface area contributed by atoms with E-state index in [0.29, 0.717) is 0 Å². The van der Waals surface area contributed by atoms with Crippen LogP contribution in [0.5, 0.6) is 28.7 Å². The molecule has 0 unspecified atom stereocenters. The van der Waals surface area contributed by atoms with Gasteiger partial charge in [-0.25, -0.2) is 13.6 Å². The SMILES string of the molecule is COc1cc(/C=C/C(=O)Nc2ccc(OC(=O)/C=C/c3ccc(OC(F)(F)[C@H](F)C(F)(F)F)c(OC)c3)cc2)ccc1OC(F)(F)[C@H](F)C(F)(F)F. The first-order chi connectivity index (χ1) is 24.1. The van der Waals surface area contributed by atoms with E-state index in [1.165, 1.54) is 30.3 Å². The third kappa shape index (κ3) is 11.2. The van der Waals surface area contributed by atoms with Crippen molar-refractivity contribution in [3.05, 3.63) is 83.9 Å². The van der Waals surface area contributed by atoms with Gasteiger partial charge in [-0.15, -0.1) is 0 Å². The number of anilines is 1. The average molecular weight is 762 g/mol. The lowest BCUT2D eigenvalue weighted by molar-refractivity contribution is -0.306. The number of halogens is 12. The summed E-state index contributed by atoms with van der Waals surface area (Å²) in [5.74, 6) is -4.50. The molecule has 0 aliphatic rings. The van der Waals surface area contributed by atoms with Gasteiger partial charge in [0.1, 0.15) is 5.75 Å². The number of hydrogen-bond acceptors (Lipinski definition) is 7. The van der Waals surface area contributed by atoms with Crippen molar-refractivity contribution in [2.24, 2.45) is 0 Å². The lowest BCUT2D eigenvalue weighted by Crippen LogP contribution is -2.45. The van der Waals surface area contributed by atoms with E-state index in [4.69, 9.17) is 14.2 Å². The maximum Gasteiger partial charge on any atom is 0.439 e. The van der Waals surface area contributed by atoms with Gasteiger partial charge >= 0.3 is 30.5 Å². The van der Waals surface area contributed by atoms with E-state index in [-0.39, 0.29) is 22.6 Å². The van der Waals surface area contributed by atoms with E-state index in [2.05, 4.69) is 14.8 Å². The topological polar surface area (TPSA) is 92.3 Å². The van der Waals surface area contributed by atoms with Gasteiger partial charge in [-0.1, -0.05) is 12.1 Å². The number of alkyl halides is 12. The number of methoxy groups -OCH3 is 2. The van der Waals surface area contributed by atoms with Crippen LogP contribution in [0.3, 0.4) is 0 Å². The summed E-state index contributed by atoms with van der Waals surface area (Å²) in [4.78, 5) is 24.6. The van der Waals surface area contributed by atoms with Gasteiger partial charge in [0.25, 0.3) is 12.3 Å². The van der Waals surface area contributed by atoms with Crippen LogP contribution >= 0.6 is 0 Å². The number of amides is 1. The number of esters is 1. The summed E-state index contributed by atoms with van der Waals surface area (Å²) in [6.45, 7) is 0. The first-order valence-corrected chi connectivity index (χ1v) is 14.0. The molecule has 0 aromatic heterocycles. The van der Waals surface area contributed by atoms with Crippen LogP contribution in [0.25, 0.3) is 12.2 Å². The number of carbonyl (C=O) groups excluding carboxylic acids is 2. The predicted octanol–water partition coefficient (Wildman–Crippen LogP) is 8.72. The standard InChI is InChI=1S/C32H23F12NO7/c1-48-23-15-17(3-11-21(23)51-31(41,42)27(33)29(35,36)37)5-13-25(46)45-19-7-9-20(10-8-19)50-26(47)14-6-18-4-12-22(24(16-18)49-2)52-32(43,44)28(34)30(38,39)40/h3-16,27-28H,1-2H3,(H,45,46)/b13-5+,14-6+/t27-,28-/m1/s1. The Morgan fingerprint density at radius 3 is 1.44 bits per heavy atom. The zero-order valence-corrected chi connectivity index (χ0v) is 26.1. The van der Waals surface area contributed by atoms with E-state index in [1.54, 1.807) is 0 Å². The van der Waals surface area contributed by atoms with Crippen LogP contribution in [0, 0.1) is 0 Å². The Labute approximate surface area is 285 Å². The summed E-state index contributed by atoms with van der Waals surface area (Å²) < 4.78 is 178. The molecule has 0 saturated heterocycles. The van der Waals surface area contributed by atoms with Gasteiger partial charge < -0.3 is 29.0 Å².